The van der Waals surface area contributed by atoms with E-state index in [0.29, 0.717) is 12.1 Å². The Hall–Kier alpha value is -0.120. The molecule has 3 atom stereocenters. The van der Waals surface area contributed by atoms with Gasteiger partial charge in [-0.3, -0.25) is 4.90 Å². The number of hydrogen-bond acceptors (Lipinski definition) is 3. The maximum absolute atomic E-state index is 9.81. The third kappa shape index (κ3) is 2.92. The van der Waals surface area contributed by atoms with Gasteiger partial charge in [0.25, 0.3) is 0 Å². The van der Waals surface area contributed by atoms with Gasteiger partial charge in [-0.1, -0.05) is 0 Å². The van der Waals surface area contributed by atoms with Crippen LogP contribution >= 0.6 is 0 Å². The first-order valence-corrected chi connectivity index (χ1v) is 6.27. The zero-order valence-corrected chi connectivity index (χ0v) is 9.69. The lowest BCUT2D eigenvalue weighted by Crippen LogP contribution is -2.43. The molecule has 15 heavy (non-hydrogen) atoms. The normalized spacial score (nSPS) is 37.4. The number of ether oxygens (including phenoxy) is 1. The molecule has 0 spiro atoms. The Balaban J connectivity index is 1.77. The number of hydrogen-bond donors (Lipinski definition) is 1. The third-order valence-electron chi connectivity index (χ3n) is 3.78. The summed E-state index contributed by atoms with van der Waals surface area (Å²) < 4.78 is 5.72. The van der Waals surface area contributed by atoms with Crippen LogP contribution in [0.2, 0.25) is 0 Å². The molecule has 0 amide bonds. The molecule has 3 nitrogen and oxygen atoms in total. The first kappa shape index (κ1) is 11.4. The number of rotatable bonds is 3. The van der Waals surface area contributed by atoms with E-state index >= 15 is 0 Å². The molecule has 3 heteroatoms. The molecule has 2 fully saturated rings. The summed E-state index contributed by atoms with van der Waals surface area (Å²) in [6.07, 6.45) is 7.27. The van der Waals surface area contributed by atoms with Crippen molar-refractivity contribution >= 4 is 0 Å². The molecule has 2 rings (SSSR count). The predicted molar refractivity (Wildman–Crippen MR) is 59.9 cm³/mol. The van der Waals surface area contributed by atoms with Crippen LogP contribution in [0.5, 0.6) is 0 Å². The van der Waals surface area contributed by atoms with Gasteiger partial charge in [-0.15, -0.1) is 0 Å². The number of aliphatic hydroxyl groups excluding tert-OH is 1. The molecule has 1 saturated carbocycles. The van der Waals surface area contributed by atoms with Gasteiger partial charge in [0.2, 0.25) is 0 Å². The summed E-state index contributed by atoms with van der Waals surface area (Å²) in [5.74, 6) is 0. The van der Waals surface area contributed by atoms with Crippen LogP contribution < -0.4 is 0 Å². The summed E-state index contributed by atoms with van der Waals surface area (Å²) in [6, 6.07) is 0.371. The second-order valence-electron chi connectivity index (χ2n) is 4.99. The largest absolute Gasteiger partial charge is 0.391 e. The first-order chi connectivity index (χ1) is 7.27. The standard InChI is InChI=1S/C12H23NO2/c1-13(11-6-4-7-12(11)14)9-10-5-2-3-8-15-10/h10-12,14H,2-9H2,1H3/t10?,11-,12-/m1/s1. The Morgan fingerprint density at radius 1 is 1.20 bits per heavy atom. The summed E-state index contributed by atoms with van der Waals surface area (Å²) in [7, 11) is 2.12. The van der Waals surface area contributed by atoms with E-state index in [2.05, 4.69) is 11.9 Å². The Kier molecular flexibility index (Phi) is 4.00. The van der Waals surface area contributed by atoms with Gasteiger partial charge in [0.15, 0.2) is 0 Å². The Morgan fingerprint density at radius 2 is 2.07 bits per heavy atom. The highest BCUT2D eigenvalue weighted by Gasteiger charge is 2.30. The van der Waals surface area contributed by atoms with E-state index in [4.69, 9.17) is 4.74 Å². The molecule has 1 N–H and O–H groups in total. The molecular weight excluding hydrogens is 190 g/mol. The van der Waals surface area contributed by atoms with Crippen LogP contribution in [0.4, 0.5) is 0 Å². The van der Waals surface area contributed by atoms with Gasteiger partial charge in [-0.2, -0.15) is 0 Å². The van der Waals surface area contributed by atoms with Gasteiger partial charge in [-0.05, 0) is 45.6 Å². The van der Waals surface area contributed by atoms with Gasteiger partial charge in [-0.25, -0.2) is 0 Å². The molecule has 1 aliphatic heterocycles. The minimum Gasteiger partial charge on any atom is -0.391 e. The fraction of sp³-hybridized carbons (Fsp3) is 1.00. The SMILES string of the molecule is CN(CC1CCCCO1)[C@@H]1CCC[C@H]1O. The molecule has 1 unspecified atom stereocenters. The predicted octanol–water partition coefficient (Wildman–Crippen LogP) is 1.40. The van der Waals surface area contributed by atoms with Crippen LogP contribution in [-0.2, 0) is 4.74 Å². The van der Waals surface area contributed by atoms with Crippen molar-refractivity contribution in [2.45, 2.75) is 56.8 Å². The highest BCUT2D eigenvalue weighted by Crippen LogP contribution is 2.24. The van der Waals surface area contributed by atoms with Gasteiger partial charge in [0.1, 0.15) is 0 Å². The molecule has 0 aromatic rings. The minimum absolute atomic E-state index is 0.112. The summed E-state index contributed by atoms with van der Waals surface area (Å²) >= 11 is 0. The number of likely N-dealkylation sites (N-methyl/N-ethyl adjacent to an activating group) is 1. The molecule has 1 heterocycles. The van der Waals surface area contributed by atoms with E-state index in [1.165, 1.54) is 25.7 Å². The maximum Gasteiger partial charge on any atom is 0.0702 e. The molecule has 1 saturated heterocycles. The lowest BCUT2D eigenvalue weighted by Gasteiger charge is -2.32. The summed E-state index contributed by atoms with van der Waals surface area (Å²) in [4.78, 5) is 2.30. The minimum atomic E-state index is -0.112. The summed E-state index contributed by atoms with van der Waals surface area (Å²) in [5, 5.41) is 9.81. The van der Waals surface area contributed by atoms with Crippen LogP contribution in [0.3, 0.4) is 0 Å². The quantitative estimate of drug-likeness (QED) is 0.769. The summed E-state index contributed by atoms with van der Waals surface area (Å²) in [5.41, 5.74) is 0. The van der Waals surface area contributed by atoms with Crippen LogP contribution in [0.1, 0.15) is 38.5 Å². The second kappa shape index (κ2) is 5.28. The van der Waals surface area contributed by atoms with Gasteiger partial charge < -0.3 is 9.84 Å². The van der Waals surface area contributed by atoms with Crippen LogP contribution in [0.25, 0.3) is 0 Å². The van der Waals surface area contributed by atoms with E-state index in [1.807, 2.05) is 0 Å². The molecule has 0 aromatic heterocycles. The molecule has 88 valence electrons. The topological polar surface area (TPSA) is 32.7 Å². The number of nitrogens with zero attached hydrogens (tertiary/aromatic N) is 1. The van der Waals surface area contributed by atoms with E-state index in [1.54, 1.807) is 0 Å². The van der Waals surface area contributed by atoms with Crippen molar-refractivity contribution in [3.63, 3.8) is 0 Å². The zero-order valence-electron chi connectivity index (χ0n) is 9.69. The van der Waals surface area contributed by atoms with Crippen molar-refractivity contribution < 1.29 is 9.84 Å². The molecular formula is C12H23NO2. The van der Waals surface area contributed by atoms with E-state index in [-0.39, 0.29) is 6.10 Å². The van der Waals surface area contributed by atoms with Gasteiger partial charge >= 0.3 is 0 Å². The van der Waals surface area contributed by atoms with Gasteiger partial charge in [0.05, 0.1) is 12.2 Å². The van der Waals surface area contributed by atoms with Crippen LogP contribution in [-0.4, -0.2) is 48.5 Å². The van der Waals surface area contributed by atoms with Crippen molar-refractivity contribution in [1.29, 1.82) is 0 Å². The van der Waals surface area contributed by atoms with E-state index < -0.39 is 0 Å². The highest BCUT2D eigenvalue weighted by molar-refractivity contribution is 4.85. The maximum atomic E-state index is 9.81. The fourth-order valence-corrected chi connectivity index (χ4v) is 2.84. The average molecular weight is 213 g/mol. The Morgan fingerprint density at radius 3 is 2.67 bits per heavy atom. The lowest BCUT2D eigenvalue weighted by molar-refractivity contribution is -0.0183. The van der Waals surface area contributed by atoms with Crippen molar-refractivity contribution in [3.05, 3.63) is 0 Å². The molecule has 0 radical (unpaired) electrons. The van der Waals surface area contributed by atoms with Crippen LogP contribution in [0.15, 0.2) is 0 Å². The third-order valence-corrected chi connectivity index (χ3v) is 3.78. The summed E-state index contributed by atoms with van der Waals surface area (Å²) in [6.45, 7) is 1.91. The fourth-order valence-electron chi connectivity index (χ4n) is 2.84. The van der Waals surface area contributed by atoms with Gasteiger partial charge in [0, 0.05) is 19.2 Å². The zero-order chi connectivity index (χ0) is 10.7. The van der Waals surface area contributed by atoms with E-state index in [9.17, 15) is 5.11 Å². The smallest absolute Gasteiger partial charge is 0.0702 e. The lowest BCUT2D eigenvalue weighted by atomic mass is 10.1. The average Bonchev–Trinajstić information content (AvgIpc) is 2.66. The Bertz CT molecular complexity index is 192. The monoisotopic (exact) mass is 213 g/mol. The molecule has 0 aromatic carbocycles. The second-order valence-corrected chi connectivity index (χ2v) is 4.99. The number of aliphatic hydroxyl groups is 1. The van der Waals surface area contributed by atoms with E-state index in [0.717, 1.165) is 26.0 Å². The van der Waals surface area contributed by atoms with Crippen molar-refractivity contribution in [2.24, 2.45) is 0 Å². The highest BCUT2D eigenvalue weighted by atomic mass is 16.5. The van der Waals surface area contributed by atoms with Crippen LogP contribution in [0, 0.1) is 0 Å². The van der Waals surface area contributed by atoms with Crippen molar-refractivity contribution in [3.8, 4) is 0 Å². The molecule has 2 aliphatic rings. The molecule has 1 aliphatic carbocycles. The van der Waals surface area contributed by atoms with Crippen molar-refractivity contribution in [1.82, 2.24) is 4.90 Å². The van der Waals surface area contributed by atoms with Crippen molar-refractivity contribution in [2.75, 3.05) is 20.2 Å². The molecule has 0 bridgehead atoms. The Labute approximate surface area is 92.4 Å². The first-order valence-electron chi connectivity index (χ1n) is 6.27.